The van der Waals surface area contributed by atoms with Gasteiger partial charge in [-0.05, 0) is 55.3 Å². The number of aryl methyl sites for hydroxylation is 1. The molecule has 0 spiro atoms. The van der Waals surface area contributed by atoms with Gasteiger partial charge in [0.15, 0.2) is 0 Å². The van der Waals surface area contributed by atoms with Crippen LogP contribution < -0.4 is 9.75 Å². The maximum Gasteiger partial charge on any atom is 0.416 e. The molecule has 0 radical (unpaired) electrons. The highest BCUT2D eigenvalue weighted by molar-refractivity contribution is 5.98. The fraction of sp³-hybridized carbons (Fsp3) is 0.318. The smallest absolute Gasteiger partial charge is 0.416 e. The maximum atomic E-state index is 13.6. The van der Waals surface area contributed by atoms with Gasteiger partial charge in [0.1, 0.15) is 12.4 Å². The lowest BCUT2D eigenvalue weighted by molar-refractivity contribution is -0.138. The Labute approximate surface area is 179 Å². The molecular formula is C22H25F3N4O2. The maximum absolute atomic E-state index is 13.6. The van der Waals surface area contributed by atoms with Gasteiger partial charge in [0.25, 0.3) is 0 Å². The number of nitrogens with zero attached hydrogens (tertiary/aromatic N) is 4. The first-order chi connectivity index (χ1) is 14.5. The summed E-state index contributed by atoms with van der Waals surface area (Å²) in [5.74, 6) is -0.142. The average Bonchev–Trinajstić information content (AvgIpc) is 2.66. The van der Waals surface area contributed by atoms with Crippen molar-refractivity contribution < 1.29 is 22.7 Å². The molecule has 0 heterocycles. The summed E-state index contributed by atoms with van der Waals surface area (Å²) < 4.78 is 46.6. The third-order valence-electron chi connectivity index (χ3n) is 4.44. The molecule has 0 aliphatic heterocycles. The van der Waals surface area contributed by atoms with Gasteiger partial charge >= 0.3 is 6.18 Å². The van der Waals surface area contributed by atoms with Crippen LogP contribution in [0.3, 0.4) is 0 Å². The minimum atomic E-state index is -4.63. The van der Waals surface area contributed by atoms with Gasteiger partial charge in [-0.3, -0.25) is 4.79 Å². The molecule has 0 unspecified atom stereocenters. The first-order valence-corrected chi connectivity index (χ1v) is 9.38. The number of amides is 1. The van der Waals surface area contributed by atoms with Crippen molar-refractivity contribution in [3.8, 4) is 5.75 Å². The number of carbonyl (C=O) groups excluding carboxylic acids is 1. The molecule has 2 rings (SSSR count). The van der Waals surface area contributed by atoms with Crippen LogP contribution in [0, 0.1) is 6.92 Å². The van der Waals surface area contributed by atoms with Crippen LogP contribution in [0.25, 0.3) is 0 Å². The van der Waals surface area contributed by atoms with E-state index in [1.165, 1.54) is 19.1 Å². The number of hydrazone groups is 2. The monoisotopic (exact) mass is 434 g/mol. The lowest BCUT2D eigenvalue weighted by Gasteiger charge is -2.22. The number of benzene rings is 2. The van der Waals surface area contributed by atoms with E-state index in [1.807, 2.05) is 27.1 Å². The number of hydrogen-bond donors (Lipinski definition) is 0. The normalized spacial score (nSPS) is 11.8. The van der Waals surface area contributed by atoms with Gasteiger partial charge in [-0.1, -0.05) is 6.07 Å². The van der Waals surface area contributed by atoms with Gasteiger partial charge in [0, 0.05) is 33.3 Å². The molecule has 0 aliphatic carbocycles. The molecule has 0 fully saturated rings. The van der Waals surface area contributed by atoms with Crippen LogP contribution in [0.15, 0.2) is 46.6 Å². The summed E-state index contributed by atoms with van der Waals surface area (Å²) in [7, 11) is 3.62. The van der Waals surface area contributed by atoms with Crippen molar-refractivity contribution >= 4 is 24.0 Å². The first-order valence-electron chi connectivity index (χ1n) is 9.38. The van der Waals surface area contributed by atoms with E-state index in [4.69, 9.17) is 4.74 Å². The van der Waals surface area contributed by atoms with Crippen LogP contribution in [0.5, 0.6) is 5.75 Å². The Hall–Kier alpha value is -3.36. The van der Waals surface area contributed by atoms with E-state index in [0.29, 0.717) is 5.75 Å². The van der Waals surface area contributed by atoms with Gasteiger partial charge in [0.05, 0.1) is 17.0 Å². The van der Waals surface area contributed by atoms with Crippen molar-refractivity contribution in [1.82, 2.24) is 5.01 Å². The molecule has 0 aliphatic rings. The fourth-order valence-corrected chi connectivity index (χ4v) is 3.08. The van der Waals surface area contributed by atoms with Crippen molar-refractivity contribution in [2.75, 3.05) is 19.1 Å². The van der Waals surface area contributed by atoms with E-state index in [0.717, 1.165) is 27.9 Å². The summed E-state index contributed by atoms with van der Waals surface area (Å²) in [6.07, 6.45) is -4.63. The molecule has 2 aromatic rings. The molecule has 9 heteroatoms. The Morgan fingerprint density at radius 1 is 1.16 bits per heavy atom. The van der Waals surface area contributed by atoms with Crippen molar-refractivity contribution in [1.29, 1.82) is 0 Å². The topological polar surface area (TPSA) is 57.5 Å². The highest BCUT2D eigenvalue weighted by atomic mass is 19.4. The number of hydrogen-bond acceptors (Lipinski definition) is 5. The molecule has 6 nitrogen and oxygen atoms in total. The van der Waals surface area contributed by atoms with Gasteiger partial charge in [-0.2, -0.15) is 23.4 Å². The van der Waals surface area contributed by atoms with Crippen molar-refractivity contribution in [2.45, 2.75) is 33.6 Å². The third-order valence-corrected chi connectivity index (χ3v) is 4.44. The number of alkyl halides is 3. The summed E-state index contributed by atoms with van der Waals surface area (Å²) in [6, 6.07) is 8.86. The summed E-state index contributed by atoms with van der Waals surface area (Å²) in [5.41, 5.74) is 1.27. The second-order valence-corrected chi connectivity index (χ2v) is 7.07. The molecule has 0 saturated heterocycles. The molecular weight excluding hydrogens is 409 g/mol. The third kappa shape index (κ3) is 5.84. The van der Waals surface area contributed by atoms with E-state index in [1.54, 1.807) is 24.1 Å². The summed E-state index contributed by atoms with van der Waals surface area (Å²) >= 11 is 0. The number of anilines is 1. The highest BCUT2D eigenvalue weighted by Gasteiger charge is 2.35. The highest BCUT2D eigenvalue weighted by Crippen LogP contribution is 2.37. The largest absolute Gasteiger partial charge is 0.489 e. The lowest BCUT2D eigenvalue weighted by atomic mass is 10.0. The van der Waals surface area contributed by atoms with Gasteiger partial charge < -0.3 is 9.75 Å². The number of rotatable bonds is 7. The second kappa shape index (κ2) is 9.63. The molecule has 1 amide bonds. The SMILES string of the molecule is C=NN(C(C)=O)c1cccc(C(F)(F)F)c1COc1ccc(/C(C)=N/N(C)C)cc1C. The average molecular weight is 434 g/mol. The molecule has 31 heavy (non-hydrogen) atoms. The van der Waals surface area contributed by atoms with E-state index in [-0.39, 0.29) is 11.3 Å². The van der Waals surface area contributed by atoms with Gasteiger partial charge in [0.2, 0.25) is 5.91 Å². The predicted octanol–water partition coefficient (Wildman–Crippen LogP) is 4.85. The Morgan fingerprint density at radius 3 is 2.35 bits per heavy atom. The molecule has 0 N–H and O–H groups in total. The van der Waals surface area contributed by atoms with Crippen LogP contribution in [0.1, 0.15) is 36.1 Å². The van der Waals surface area contributed by atoms with Crippen molar-refractivity contribution in [3.63, 3.8) is 0 Å². The Kier molecular flexibility index (Phi) is 7.43. The minimum Gasteiger partial charge on any atom is -0.489 e. The van der Waals surface area contributed by atoms with Crippen molar-refractivity contribution in [3.05, 3.63) is 58.7 Å². The van der Waals surface area contributed by atoms with Crippen LogP contribution in [-0.2, 0) is 17.6 Å². The summed E-state index contributed by atoms with van der Waals surface area (Å²) in [5, 5.41) is 10.4. The Morgan fingerprint density at radius 2 is 1.84 bits per heavy atom. The molecule has 0 bridgehead atoms. The zero-order valence-electron chi connectivity index (χ0n) is 18.1. The predicted molar refractivity (Wildman–Crippen MR) is 116 cm³/mol. The standard InChI is InChI=1S/C22H25F3N4O2/c1-14-12-17(15(2)27-28(5)6)10-11-21(14)31-13-18-19(22(23,24)25)8-7-9-20(18)29(26-4)16(3)30/h7-12H,4,13H2,1-3,5-6H3/b27-15+. The van der Waals surface area contributed by atoms with Crippen LogP contribution in [0.4, 0.5) is 18.9 Å². The van der Waals surface area contributed by atoms with Crippen LogP contribution in [0.2, 0.25) is 0 Å². The van der Waals surface area contributed by atoms with E-state index < -0.39 is 24.3 Å². The van der Waals surface area contributed by atoms with Crippen LogP contribution in [-0.4, -0.2) is 37.4 Å². The Bertz CT molecular complexity index is 1000. The zero-order valence-corrected chi connectivity index (χ0v) is 18.1. The first kappa shape index (κ1) is 23.9. The van der Waals surface area contributed by atoms with Crippen LogP contribution >= 0.6 is 0 Å². The fourth-order valence-electron chi connectivity index (χ4n) is 3.08. The molecule has 0 aromatic heterocycles. The molecule has 0 atom stereocenters. The minimum absolute atomic E-state index is 0.0273. The molecule has 2 aromatic carbocycles. The number of ether oxygens (including phenoxy) is 1. The van der Waals surface area contributed by atoms with Crippen molar-refractivity contribution in [2.24, 2.45) is 10.2 Å². The molecule has 0 saturated carbocycles. The second-order valence-electron chi connectivity index (χ2n) is 7.07. The van der Waals surface area contributed by atoms with Gasteiger partial charge in [-0.25, -0.2) is 5.01 Å². The number of halogens is 3. The number of carbonyl (C=O) groups is 1. The van der Waals surface area contributed by atoms with E-state index in [2.05, 4.69) is 16.9 Å². The summed E-state index contributed by atoms with van der Waals surface area (Å²) in [4.78, 5) is 11.9. The van der Waals surface area contributed by atoms with Gasteiger partial charge in [-0.15, -0.1) is 0 Å². The lowest BCUT2D eigenvalue weighted by Crippen LogP contribution is -2.25. The quantitative estimate of drug-likeness (QED) is 0.463. The van der Waals surface area contributed by atoms with E-state index in [9.17, 15) is 18.0 Å². The van der Waals surface area contributed by atoms with E-state index >= 15 is 0 Å². The summed E-state index contributed by atoms with van der Waals surface area (Å²) in [6.45, 7) is 7.73. The molecule has 166 valence electrons. The zero-order chi connectivity index (χ0) is 23.3. The Balaban J connectivity index is 2.42.